The fourth-order valence-electron chi connectivity index (χ4n) is 3.21. The first-order chi connectivity index (χ1) is 8.33. The summed E-state index contributed by atoms with van der Waals surface area (Å²) in [7, 11) is 0. The van der Waals surface area contributed by atoms with Gasteiger partial charge in [-0.2, -0.15) is 0 Å². The third-order valence-corrected chi connectivity index (χ3v) is 4.23. The van der Waals surface area contributed by atoms with Gasteiger partial charge in [-0.25, -0.2) is 4.79 Å². The lowest BCUT2D eigenvalue weighted by Crippen LogP contribution is -2.50. The molecule has 3 nitrogen and oxygen atoms in total. The summed E-state index contributed by atoms with van der Waals surface area (Å²) >= 11 is 0. The van der Waals surface area contributed by atoms with Crippen molar-refractivity contribution in [2.24, 2.45) is 0 Å². The number of piperidine rings is 1. The van der Waals surface area contributed by atoms with Crippen LogP contribution in [-0.4, -0.2) is 41.5 Å². The average Bonchev–Trinajstić information content (AvgIpc) is 2.42. The lowest BCUT2D eigenvalue weighted by Gasteiger charge is -2.38. The van der Waals surface area contributed by atoms with Crippen LogP contribution in [0.25, 0.3) is 0 Å². The first-order valence-electron chi connectivity index (χ1n) is 7.38. The fraction of sp³-hybridized carbons (Fsp3) is 0.929. The Morgan fingerprint density at radius 1 is 1.06 bits per heavy atom. The summed E-state index contributed by atoms with van der Waals surface area (Å²) in [5.74, 6) is 0. The number of hydrogen-bond donors (Lipinski definition) is 0. The molecule has 2 fully saturated rings. The maximum absolute atomic E-state index is 12.5. The van der Waals surface area contributed by atoms with E-state index in [2.05, 4.69) is 16.7 Å². The van der Waals surface area contributed by atoms with Crippen molar-refractivity contribution in [2.75, 3.05) is 19.6 Å². The zero-order chi connectivity index (χ0) is 12.1. The molecule has 1 aliphatic carbocycles. The first-order valence-corrected chi connectivity index (χ1v) is 7.38. The third kappa shape index (κ3) is 3.14. The lowest BCUT2D eigenvalue weighted by atomic mass is 9.94. The summed E-state index contributed by atoms with van der Waals surface area (Å²) < 4.78 is 0. The van der Waals surface area contributed by atoms with Crippen LogP contribution in [0.3, 0.4) is 0 Å². The molecule has 0 bridgehead atoms. The highest BCUT2D eigenvalue weighted by Gasteiger charge is 2.28. The minimum absolute atomic E-state index is 0.305. The molecule has 0 atom stereocenters. The van der Waals surface area contributed by atoms with Gasteiger partial charge >= 0.3 is 6.03 Å². The molecule has 1 saturated heterocycles. The standard InChI is InChI=1S/C14H26N2O/c1-2-16(13-9-5-3-6-10-13)14(17)15-11-7-4-8-12-15/h13H,2-12H2,1H3. The van der Waals surface area contributed by atoms with Crippen LogP contribution in [0, 0.1) is 0 Å². The third-order valence-electron chi connectivity index (χ3n) is 4.23. The molecule has 1 saturated carbocycles. The molecular formula is C14H26N2O. The Bertz CT molecular complexity index is 243. The fourth-order valence-corrected chi connectivity index (χ4v) is 3.21. The van der Waals surface area contributed by atoms with Crippen molar-refractivity contribution in [3.63, 3.8) is 0 Å². The highest BCUT2D eigenvalue weighted by molar-refractivity contribution is 5.74. The summed E-state index contributed by atoms with van der Waals surface area (Å²) in [6, 6.07) is 0.822. The molecule has 0 aromatic rings. The molecule has 3 heteroatoms. The van der Waals surface area contributed by atoms with Gasteiger partial charge in [0, 0.05) is 25.7 Å². The van der Waals surface area contributed by atoms with Crippen molar-refractivity contribution in [1.29, 1.82) is 0 Å². The van der Waals surface area contributed by atoms with Crippen LogP contribution in [0.1, 0.15) is 58.3 Å². The maximum atomic E-state index is 12.5. The van der Waals surface area contributed by atoms with Crippen LogP contribution >= 0.6 is 0 Å². The van der Waals surface area contributed by atoms with E-state index in [1.54, 1.807) is 0 Å². The predicted molar refractivity (Wildman–Crippen MR) is 70.1 cm³/mol. The summed E-state index contributed by atoms with van der Waals surface area (Å²) in [5.41, 5.74) is 0. The molecule has 2 rings (SSSR count). The largest absolute Gasteiger partial charge is 0.325 e. The summed E-state index contributed by atoms with van der Waals surface area (Å²) in [6.07, 6.45) is 10.1. The number of likely N-dealkylation sites (tertiary alicyclic amines) is 1. The van der Waals surface area contributed by atoms with Crippen LogP contribution in [0.4, 0.5) is 4.79 Å². The van der Waals surface area contributed by atoms with Crippen molar-refractivity contribution in [1.82, 2.24) is 9.80 Å². The van der Waals surface area contributed by atoms with Crippen LogP contribution in [0.2, 0.25) is 0 Å². The van der Waals surface area contributed by atoms with Gasteiger partial charge in [0.2, 0.25) is 0 Å². The number of nitrogens with zero attached hydrogens (tertiary/aromatic N) is 2. The predicted octanol–water partition coefficient (Wildman–Crippen LogP) is 3.25. The Balaban J connectivity index is 1.93. The van der Waals surface area contributed by atoms with Crippen molar-refractivity contribution >= 4 is 6.03 Å². The second kappa shape index (κ2) is 6.27. The van der Waals surface area contributed by atoms with E-state index in [-0.39, 0.29) is 0 Å². The molecule has 0 aromatic heterocycles. The Morgan fingerprint density at radius 2 is 1.65 bits per heavy atom. The minimum atomic E-state index is 0.305. The topological polar surface area (TPSA) is 23.6 Å². The van der Waals surface area contributed by atoms with E-state index in [4.69, 9.17) is 0 Å². The molecule has 2 aliphatic rings. The molecule has 17 heavy (non-hydrogen) atoms. The zero-order valence-corrected chi connectivity index (χ0v) is 11.2. The number of hydrogen-bond acceptors (Lipinski definition) is 1. The monoisotopic (exact) mass is 238 g/mol. The van der Waals surface area contributed by atoms with Gasteiger partial charge in [0.05, 0.1) is 0 Å². The SMILES string of the molecule is CCN(C(=O)N1CCCCC1)C1CCCCC1. The van der Waals surface area contributed by atoms with Crippen LogP contribution < -0.4 is 0 Å². The minimum Gasteiger partial charge on any atom is -0.325 e. The van der Waals surface area contributed by atoms with Crippen molar-refractivity contribution in [3.05, 3.63) is 0 Å². The van der Waals surface area contributed by atoms with E-state index in [1.165, 1.54) is 51.4 Å². The summed E-state index contributed by atoms with van der Waals surface area (Å²) in [5, 5.41) is 0. The van der Waals surface area contributed by atoms with E-state index in [0.29, 0.717) is 12.1 Å². The molecule has 0 unspecified atom stereocenters. The Labute approximate surface area is 105 Å². The summed E-state index contributed by atoms with van der Waals surface area (Å²) in [6.45, 7) is 4.94. The molecule has 1 heterocycles. The van der Waals surface area contributed by atoms with Gasteiger partial charge in [0.15, 0.2) is 0 Å². The molecule has 1 aliphatic heterocycles. The van der Waals surface area contributed by atoms with Crippen molar-refractivity contribution < 1.29 is 4.79 Å². The van der Waals surface area contributed by atoms with E-state index in [1.807, 2.05) is 0 Å². The Morgan fingerprint density at radius 3 is 2.24 bits per heavy atom. The lowest BCUT2D eigenvalue weighted by molar-refractivity contribution is 0.116. The number of urea groups is 1. The smallest absolute Gasteiger partial charge is 0.320 e. The highest BCUT2D eigenvalue weighted by Crippen LogP contribution is 2.24. The normalized spacial score (nSPS) is 22.5. The number of rotatable bonds is 2. The molecule has 2 amide bonds. The van der Waals surface area contributed by atoms with Gasteiger partial charge in [-0.05, 0) is 39.0 Å². The first kappa shape index (κ1) is 12.7. The van der Waals surface area contributed by atoms with Gasteiger partial charge in [-0.1, -0.05) is 19.3 Å². The molecule has 0 N–H and O–H groups in total. The zero-order valence-electron chi connectivity index (χ0n) is 11.2. The summed E-state index contributed by atoms with van der Waals surface area (Å²) in [4.78, 5) is 16.7. The number of amides is 2. The molecule has 98 valence electrons. The van der Waals surface area contributed by atoms with Crippen LogP contribution in [-0.2, 0) is 0 Å². The second-order valence-corrected chi connectivity index (χ2v) is 5.41. The Kier molecular flexibility index (Phi) is 4.69. The molecule has 0 radical (unpaired) electrons. The van der Waals surface area contributed by atoms with E-state index < -0.39 is 0 Å². The number of carbonyl (C=O) groups is 1. The van der Waals surface area contributed by atoms with Crippen LogP contribution in [0.5, 0.6) is 0 Å². The van der Waals surface area contributed by atoms with Gasteiger partial charge in [-0.15, -0.1) is 0 Å². The molecule has 0 aromatic carbocycles. The van der Waals surface area contributed by atoms with Gasteiger partial charge < -0.3 is 9.80 Å². The maximum Gasteiger partial charge on any atom is 0.320 e. The molecule has 0 spiro atoms. The van der Waals surface area contributed by atoms with Crippen molar-refractivity contribution in [2.45, 2.75) is 64.3 Å². The van der Waals surface area contributed by atoms with Gasteiger partial charge in [0.25, 0.3) is 0 Å². The quantitative estimate of drug-likeness (QED) is 0.724. The van der Waals surface area contributed by atoms with Gasteiger partial charge in [0.1, 0.15) is 0 Å². The van der Waals surface area contributed by atoms with E-state index in [9.17, 15) is 4.79 Å². The highest BCUT2D eigenvalue weighted by atomic mass is 16.2. The number of carbonyl (C=O) groups excluding carboxylic acids is 1. The van der Waals surface area contributed by atoms with Crippen LogP contribution in [0.15, 0.2) is 0 Å². The van der Waals surface area contributed by atoms with Crippen molar-refractivity contribution in [3.8, 4) is 0 Å². The van der Waals surface area contributed by atoms with E-state index >= 15 is 0 Å². The average molecular weight is 238 g/mol. The second-order valence-electron chi connectivity index (χ2n) is 5.41. The Hall–Kier alpha value is -0.730. The van der Waals surface area contributed by atoms with E-state index in [0.717, 1.165) is 19.6 Å². The molecular weight excluding hydrogens is 212 g/mol. The van der Waals surface area contributed by atoms with Gasteiger partial charge in [-0.3, -0.25) is 0 Å².